The first-order valence-electron chi connectivity index (χ1n) is 8.81. The molecule has 3 rings (SSSR count). The fourth-order valence-corrected chi connectivity index (χ4v) is 4.30. The number of hydrogen-bond acceptors (Lipinski definition) is 3. The number of rotatable bonds is 5. The van der Waals surface area contributed by atoms with Gasteiger partial charge >= 0.3 is 0 Å². The predicted octanol–water partition coefficient (Wildman–Crippen LogP) is 5.23. The molecule has 1 saturated carbocycles. The Hall–Kier alpha value is -1.13. The monoisotopic (exact) mass is 333 g/mol. The van der Waals surface area contributed by atoms with Gasteiger partial charge in [0.05, 0.1) is 0 Å². The van der Waals surface area contributed by atoms with E-state index in [4.69, 9.17) is 17.1 Å². The van der Waals surface area contributed by atoms with Crippen LogP contribution in [0.4, 0.5) is 0 Å². The topological polar surface area (TPSA) is 53.6 Å². The van der Waals surface area contributed by atoms with E-state index in [2.05, 4.69) is 27.7 Å². The van der Waals surface area contributed by atoms with E-state index in [-0.39, 0.29) is 6.04 Å². The predicted molar refractivity (Wildman–Crippen MR) is 94.0 cm³/mol. The Morgan fingerprint density at radius 3 is 2.48 bits per heavy atom. The molecule has 23 heavy (non-hydrogen) atoms. The Morgan fingerprint density at radius 1 is 1.09 bits per heavy atom. The van der Waals surface area contributed by atoms with Gasteiger partial charge < -0.3 is 15.9 Å². The van der Waals surface area contributed by atoms with Crippen molar-refractivity contribution in [1.82, 2.24) is 4.90 Å². The van der Waals surface area contributed by atoms with Crippen molar-refractivity contribution in [2.45, 2.75) is 57.0 Å². The van der Waals surface area contributed by atoms with Crippen molar-refractivity contribution in [2.75, 3.05) is 13.1 Å². The summed E-state index contributed by atoms with van der Waals surface area (Å²) in [6.45, 7) is 2.32. The number of nitrogens with zero attached hydrogens (tertiary/aromatic N) is 3. The first kappa shape index (κ1) is 16.7. The van der Waals surface area contributed by atoms with E-state index in [0.717, 1.165) is 36.9 Å². The van der Waals surface area contributed by atoms with Gasteiger partial charge in [-0.1, -0.05) is 36.6 Å². The summed E-state index contributed by atoms with van der Waals surface area (Å²) in [5.41, 5.74) is 12.6. The van der Waals surface area contributed by atoms with Crippen LogP contribution in [0.5, 0.6) is 0 Å². The molecule has 2 fully saturated rings. The van der Waals surface area contributed by atoms with Crippen molar-refractivity contribution < 1.29 is 0 Å². The van der Waals surface area contributed by atoms with Gasteiger partial charge in [-0.3, -0.25) is 5.22 Å². The van der Waals surface area contributed by atoms with Crippen LogP contribution in [-0.4, -0.2) is 30.1 Å². The lowest BCUT2D eigenvalue weighted by Gasteiger charge is -2.44. The first-order chi connectivity index (χ1) is 11.3. The van der Waals surface area contributed by atoms with E-state index in [1.54, 1.807) is 0 Å². The SMILES string of the molecule is N=N[N-][C@@H]1CCCC[C@@H]1N1CCC(Cc2ccc(Cl)cc2)CC1. The summed E-state index contributed by atoms with van der Waals surface area (Å²) in [6.07, 6.45) is 8.50. The van der Waals surface area contributed by atoms with Crippen LogP contribution in [0.2, 0.25) is 5.02 Å². The number of piperidine rings is 1. The molecule has 1 N–H and O–H groups in total. The van der Waals surface area contributed by atoms with Crippen molar-refractivity contribution in [1.29, 1.82) is 5.53 Å². The fraction of sp³-hybridized carbons (Fsp3) is 0.667. The van der Waals surface area contributed by atoms with Gasteiger partial charge in [0.2, 0.25) is 0 Å². The second-order valence-corrected chi connectivity index (χ2v) is 7.38. The highest BCUT2D eigenvalue weighted by Gasteiger charge is 2.30. The minimum absolute atomic E-state index is 0.245. The second-order valence-electron chi connectivity index (χ2n) is 6.94. The molecule has 4 nitrogen and oxygen atoms in total. The summed E-state index contributed by atoms with van der Waals surface area (Å²) in [5.74, 6) is 0.771. The molecular formula is C18H26ClN4-. The molecule has 126 valence electrons. The van der Waals surface area contributed by atoms with E-state index in [1.807, 2.05) is 12.1 Å². The summed E-state index contributed by atoms with van der Waals surface area (Å²) in [5, 5.41) is 4.14. The van der Waals surface area contributed by atoms with Gasteiger partial charge in [-0.2, -0.15) is 0 Å². The molecule has 0 radical (unpaired) electrons. The number of halogens is 1. The van der Waals surface area contributed by atoms with E-state index in [0.29, 0.717) is 6.04 Å². The average Bonchev–Trinajstić information content (AvgIpc) is 2.59. The summed E-state index contributed by atoms with van der Waals surface area (Å²) in [4.78, 5) is 2.61. The van der Waals surface area contributed by atoms with Crippen molar-refractivity contribution >= 4 is 11.6 Å². The lowest BCUT2D eigenvalue weighted by atomic mass is 9.85. The second kappa shape index (κ2) is 8.11. The van der Waals surface area contributed by atoms with Crippen LogP contribution in [0.25, 0.3) is 5.43 Å². The van der Waals surface area contributed by atoms with Crippen molar-refractivity contribution in [3.05, 3.63) is 40.3 Å². The molecule has 2 atom stereocenters. The van der Waals surface area contributed by atoms with Crippen LogP contribution in [0.1, 0.15) is 44.1 Å². The standard InChI is InChI=1S/C18H26ClN4/c19-16-7-5-14(6-8-16)13-15-9-11-23(12-10-15)18-4-2-1-3-17(18)21-22-20/h5-8,15,17-18H,1-4,9-13H2,(H-,20,21)/q-1/t17-,18+/m1/s1. The zero-order valence-electron chi connectivity index (χ0n) is 13.6. The Bertz CT molecular complexity index is 496. The van der Waals surface area contributed by atoms with E-state index < -0.39 is 0 Å². The molecule has 1 aliphatic carbocycles. The molecule has 5 heteroatoms. The third kappa shape index (κ3) is 4.45. The Kier molecular flexibility index (Phi) is 5.90. The van der Waals surface area contributed by atoms with Crippen LogP contribution < -0.4 is 0 Å². The zero-order chi connectivity index (χ0) is 16.1. The molecule has 1 aliphatic heterocycles. The van der Waals surface area contributed by atoms with Gasteiger partial charge in [0.15, 0.2) is 0 Å². The largest absolute Gasteiger partial charge is 0.398 e. The fourth-order valence-electron chi connectivity index (χ4n) is 4.17. The minimum Gasteiger partial charge on any atom is -0.398 e. The Labute approximate surface area is 144 Å². The number of likely N-dealkylation sites (tertiary alicyclic amines) is 1. The van der Waals surface area contributed by atoms with Gasteiger partial charge in [-0.25, -0.2) is 0 Å². The molecule has 1 aromatic rings. The highest BCUT2D eigenvalue weighted by molar-refractivity contribution is 6.30. The Balaban J connectivity index is 1.51. The quantitative estimate of drug-likeness (QED) is 0.582. The van der Waals surface area contributed by atoms with Gasteiger partial charge in [0, 0.05) is 11.1 Å². The van der Waals surface area contributed by atoms with Gasteiger partial charge in [0.25, 0.3) is 0 Å². The average molecular weight is 334 g/mol. The van der Waals surface area contributed by atoms with Crippen LogP contribution >= 0.6 is 11.6 Å². The number of hydrogen-bond donors (Lipinski definition) is 1. The lowest BCUT2D eigenvalue weighted by molar-refractivity contribution is 0.0997. The van der Waals surface area contributed by atoms with Crippen molar-refractivity contribution in [2.24, 2.45) is 11.1 Å². The molecule has 0 spiro atoms. The summed E-state index contributed by atoms with van der Waals surface area (Å²) in [6, 6.07) is 9.04. The van der Waals surface area contributed by atoms with Crippen LogP contribution in [0.3, 0.4) is 0 Å². The summed E-state index contributed by atoms with van der Waals surface area (Å²) in [7, 11) is 0. The van der Waals surface area contributed by atoms with Crippen LogP contribution in [-0.2, 0) is 6.42 Å². The molecule has 2 aliphatic rings. The van der Waals surface area contributed by atoms with Gasteiger partial charge in [-0.15, -0.1) is 0 Å². The maximum Gasteiger partial charge on any atom is 0.0406 e. The number of benzene rings is 1. The summed E-state index contributed by atoms with van der Waals surface area (Å²) < 4.78 is 0. The maximum absolute atomic E-state index is 7.05. The molecule has 1 heterocycles. The van der Waals surface area contributed by atoms with E-state index in [1.165, 1.54) is 37.7 Å². The molecule has 1 aromatic carbocycles. The normalized spacial score (nSPS) is 26.8. The van der Waals surface area contributed by atoms with Crippen molar-refractivity contribution in [3.8, 4) is 0 Å². The van der Waals surface area contributed by atoms with Gasteiger partial charge in [0.1, 0.15) is 0 Å². The summed E-state index contributed by atoms with van der Waals surface area (Å²) >= 11 is 5.96. The third-order valence-corrected chi connectivity index (χ3v) is 5.71. The molecular weight excluding hydrogens is 308 g/mol. The Morgan fingerprint density at radius 2 is 1.78 bits per heavy atom. The van der Waals surface area contributed by atoms with Crippen LogP contribution in [0, 0.1) is 11.4 Å². The minimum atomic E-state index is 0.245. The maximum atomic E-state index is 7.05. The van der Waals surface area contributed by atoms with Crippen molar-refractivity contribution in [3.63, 3.8) is 0 Å². The third-order valence-electron chi connectivity index (χ3n) is 5.46. The highest BCUT2D eigenvalue weighted by Crippen LogP contribution is 2.32. The molecule has 0 amide bonds. The van der Waals surface area contributed by atoms with Gasteiger partial charge in [-0.05, 0) is 74.8 Å². The first-order valence-corrected chi connectivity index (χ1v) is 9.19. The molecule has 0 unspecified atom stereocenters. The number of nitrogens with one attached hydrogen (secondary N) is 1. The van der Waals surface area contributed by atoms with E-state index >= 15 is 0 Å². The molecule has 1 saturated heterocycles. The smallest absolute Gasteiger partial charge is 0.0406 e. The van der Waals surface area contributed by atoms with E-state index in [9.17, 15) is 0 Å². The molecule has 0 aromatic heterocycles. The zero-order valence-corrected chi connectivity index (χ0v) is 14.4. The molecule has 0 bridgehead atoms. The van der Waals surface area contributed by atoms with Crippen LogP contribution in [0.15, 0.2) is 29.5 Å². The lowest BCUT2D eigenvalue weighted by Crippen LogP contribution is -2.48. The highest BCUT2D eigenvalue weighted by atomic mass is 35.5.